The maximum atomic E-state index is 12.3. The van der Waals surface area contributed by atoms with Gasteiger partial charge in [0.2, 0.25) is 0 Å². The van der Waals surface area contributed by atoms with Crippen molar-refractivity contribution in [3.05, 3.63) is 35.5 Å². The fourth-order valence-electron chi connectivity index (χ4n) is 1.39. The van der Waals surface area contributed by atoms with Gasteiger partial charge >= 0.3 is 0 Å². The van der Waals surface area contributed by atoms with Gasteiger partial charge in [-0.2, -0.15) is 0 Å². The van der Waals surface area contributed by atoms with Crippen molar-refractivity contribution in [1.29, 1.82) is 0 Å². The van der Waals surface area contributed by atoms with Crippen LogP contribution in [0.3, 0.4) is 0 Å². The van der Waals surface area contributed by atoms with Crippen LogP contribution in [0.4, 0.5) is 8.78 Å². The molecule has 0 bridgehead atoms. The number of aryl methyl sites for hydroxylation is 1. The molecule has 3 heteroatoms. The number of rotatable bonds is 1. The summed E-state index contributed by atoms with van der Waals surface area (Å²) in [5.41, 5.74) is 1.83. The molecule has 0 fully saturated rings. The molecule has 68 valence electrons. The summed E-state index contributed by atoms with van der Waals surface area (Å²) in [6.07, 6.45) is -2.42. The van der Waals surface area contributed by atoms with Gasteiger partial charge in [0.1, 0.15) is 0 Å². The molecule has 0 aliphatic rings. The Morgan fingerprint density at radius 1 is 1.23 bits per heavy atom. The summed E-state index contributed by atoms with van der Waals surface area (Å²) < 4.78 is 24.5. The van der Waals surface area contributed by atoms with Gasteiger partial charge in [-0.25, -0.2) is 8.78 Å². The van der Waals surface area contributed by atoms with Crippen LogP contribution in [0.2, 0.25) is 0 Å². The number of aromatic amines is 1. The van der Waals surface area contributed by atoms with E-state index in [0.717, 1.165) is 16.5 Å². The van der Waals surface area contributed by atoms with Crippen LogP contribution in [0, 0.1) is 6.92 Å². The Morgan fingerprint density at radius 3 is 2.69 bits per heavy atom. The maximum Gasteiger partial charge on any atom is 0.278 e. The van der Waals surface area contributed by atoms with E-state index in [1.54, 1.807) is 0 Å². The molecule has 1 heterocycles. The quantitative estimate of drug-likeness (QED) is 0.693. The van der Waals surface area contributed by atoms with E-state index in [2.05, 4.69) is 4.98 Å². The van der Waals surface area contributed by atoms with Gasteiger partial charge in [0.25, 0.3) is 6.43 Å². The minimum atomic E-state index is -2.42. The third-order valence-corrected chi connectivity index (χ3v) is 2.03. The van der Waals surface area contributed by atoms with E-state index < -0.39 is 6.43 Å². The van der Waals surface area contributed by atoms with Crippen molar-refractivity contribution in [2.45, 2.75) is 13.3 Å². The molecular formula is C10H9F2N. The van der Waals surface area contributed by atoms with Crippen LogP contribution >= 0.6 is 0 Å². The predicted octanol–water partition coefficient (Wildman–Crippen LogP) is 3.41. The summed E-state index contributed by atoms with van der Waals surface area (Å²) in [6.45, 7) is 1.94. The van der Waals surface area contributed by atoms with E-state index in [0.29, 0.717) is 0 Å². The Morgan fingerprint density at radius 2 is 2.00 bits per heavy atom. The lowest BCUT2D eigenvalue weighted by Crippen LogP contribution is -1.80. The Hall–Kier alpha value is -1.38. The first-order valence-electron chi connectivity index (χ1n) is 4.04. The Labute approximate surface area is 74.4 Å². The van der Waals surface area contributed by atoms with Crippen molar-refractivity contribution in [3.63, 3.8) is 0 Å². The highest BCUT2D eigenvalue weighted by molar-refractivity contribution is 5.81. The minimum absolute atomic E-state index is 0.0133. The van der Waals surface area contributed by atoms with Crippen LogP contribution in [-0.4, -0.2) is 4.98 Å². The van der Waals surface area contributed by atoms with Gasteiger partial charge in [0, 0.05) is 10.9 Å². The van der Waals surface area contributed by atoms with Gasteiger partial charge in [-0.05, 0) is 25.1 Å². The Bertz CT molecular complexity index is 431. The first-order valence-corrected chi connectivity index (χ1v) is 4.04. The van der Waals surface area contributed by atoms with Gasteiger partial charge in [-0.1, -0.05) is 11.6 Å². The second-order valence-corrected chi connectivity index (χ2v) is 3.12. The third kappa shape index (κ3) is 1.41. The molecule has 1 nitrogen and oxygen atoms in total. The number of benzene rings is 1. The van der Waals surface area contributed by atoms with E-state index in [1.165, 1.54) is 6.07 Å². The molecule has 0 saturated carbocycles. The number of H-pyrrole nitrogens is 1. The molecule has 0 atom stereocenters. The van der Waals surface area contributed by atoms with Crippen LogP contribution in [0.1, 0.15) is 17.7 Å². The van der Waals surface area contributed by atoms with Crippen molar-refractivity contribution >= 4 is 10.9 Å². The van der Waals surface area contributed by atoms with Gasteiger partial charge < -0.3 is 4.98 Å². The number of aromatic nitrogens is 1. The maximum absolute atomic E-state index is 12.3. The number of halogens is 2. The summed E-state index contributed by atoms with van der Waals surface area (Å²) in [7, 11) is 0. The van der Waals surface area contributed by atoms with Crippen LogP contribution < -0.4 is 0 Å². The van der Waals surface area contributed by atoms with Gasteiger partial charge in [0.15, 0.2) is 0 Å². The van der Waals surface area contributed by atoms with Crippen molar-refractivity contribution in [2.24, 2.45) is 0 Å². The Balaban J connectivity index is 2.62. The standard InChI is InChI=1S/C10H9F2N/c1-6-2-3-8-7(4-6)5-9(13-8)10(11)12/h2-5,10,13H,1H3. The highest BCUT2D eigenvalue weighted by atomic mass is 19.3. The van der Waals surface area contributed by atoms with E-state index >= 15 is 0 Å². The summed E-state index contributed by atoms with van der Waals surface area (Å²) >= 11 is 0. The first kappa shape index (κ1) is 8.23. The van der Waals surface area contributed by atoms with E-state index in [4.69, 9.17) is 0 Å². The smallest absolute Gasteiger partial charge is 0.278 e. The molecule has 2 rings (SSSR count). The van der Waals surface area contributed by atoms with E-state index in [9.17, 15) is 8.78 Å². The lowest BCUT2D eigenvalue weighted by atomic mass is 10.2. The van der Waals surface area contributed by atoms with Crippen LogP contribution in [-0.2, 0) is 0 Å². The van der Waals surface area contributed by atoms with Crippen molar-refractivity contribution < 1.29 is 8.78 Å². The van der Waals surface area contributed by atoms with Crippen LogP contribution in [0.15, 0.2) is 24.3 Å². The fourth-order valence-corrected chi connectivity index (χ4v) is 1.39. The Kier molecular flexibility index (Phi) is 1.79. The molecule has 0 aliphatic carbocycles. The van der Waals surface area contributed by atoms with Crippen LogP contribution in [0.25, 0.3) is 10.9 Å². The van der Waals surface area contributed by atoms with Gasteiger partial charge in [-0.15, -0.1) is 0 Å². The van der Waals surface area contributed by atoms with Gasteiger partial charge in [-0.3, -0.25) is 0 Å². The number of hydrogen-bond donors (Lipinski definition) is 1. The fraction of sp³-hybridized carbons (Fsp3) is 0.200. The molecule has 1 N–H and O–H groups in total. The number of fused-ring (bicyclic) bond motifs is 1. The van der Waals surface area contributed by atoms with Crippen molar-refractivity contribution in [1.82, 2.24) is 4.98 Å². The molecule has 1 aromatic heterocycles. The second-order valence-electron chi connectivity index (χ2n) is 3.12. The molecule has 0 unspecified atom stereocenters. The third-order valence-electron chi connectivity index (χ3n) is 2.03. The zero-order valence-corrected chi connectivity index (χ0v) is 7.14. The number of hydrogen-bond acceptors (Lipinski definition) is 0. The average molecular weight is 181 g/mol. The zero-order valence-electron chi connectivity index (χ0n) is 7.14. The highest BCUT2D eigenvalue weighted by Gasteiger charge is 2.09. The molecule has 1 aromatic carbocycles. The molecule has 13 heavy (non-hydrogen) atoms. The van der Waals surface area contributed by atoms with E-state index in [1.807, 2.05) is 25.1 Å². The number of alkyl halides is 2. The number of nitrogens with one attached hydrogen (secondary N) is 1. The summed E-state index contributed by atoms with van der Waals surface area (Å²) in [6, 6.07) is 7.09. The first-order chi connectivity index (χ1) is 6.16. The molecule has 0 amide bonds. The molecule has 0 saturated heterocycles. The highest BCUT2D eigenvalue weighted by Crippen LogP contribution is 2.23. The SMILES string of the molecule is Cc1ccc2[nH]c(C(F)F)cc2c1. The van der Waals surface area contributed by atoms with Gasteiger partial charge in [0.05, 0.1) is 5.69 Å². The second kappa shape index (κ2) is 2.83. The van der Waals surface area contributed by atoms with Crippen molar-refractivity contribution in [2.75, 3.05) is 0 Å². The minimum Gasteiger partial charge on any atom is -0.354 e. The zero-order chi connectivity index (χ0) is 9.42. The van der Waals surface area contributed by atoms with E-state index in [-0.39, 0.29) is 5.69 Å². The summed E-state index contributed by atoms with van der Waals surface area (Å²) in [5.74, 6) is 0. The topological polar surface area (TPSA) is 15.8 Å². The summed E-state index contributed by atoms with van der Waals surface area (Å²) in [5, 5.41) is 0.843. The van der Waals surface area contributed by atoms with Crippen molar-refractivity contribution in [3.8, 4) is 0 Å². The monoisotopic (exact) mass is 181 g/mol. The van der Waals surface area contributed by atoms with Crippen LogP contribution in [0.5, 0.6) is 0 Å². The lowest BCUT2D eigenvalue weighted by Gasteiger charge is -1.91. The molecular weight excluding hydrogens is 172 g/mol. The average Bonchev–Trinajstić information content (AvgIpc) is 2.46. The molecule has 2 aromatic rings. The molecule has 0 radical (unpaired) electrons. The molecule has 0 spiro atoms. The summed E-state index contributed by atoms with van der Waals surface area (Å²) in [4.78, 5) is 2.67. The normalized spacial score (nSPS) is 11.4. The largest absolute Gasteiger partial charge is 0.354 e. The predicted molar refractivity (Wildman–Crippen MR) is 48.0 cm³/mol. The lowest BCUT2D eigenvalue weighted by molar-refractivity contribution is 0.147. The molecule has 0 aliphatic heterocycles.